The minimum absolute atomic E-state index is 0.115. The summed E-state index contributed by atoms with van der Waals surface area (Å²) in [4.78, 5) is 12.6. The summed E-state index contributed by atoms with van der Waals surface area (Å²) in [6.07, 6.45) is 5.39. The Balaban J connectivity index is 1.68. The molecule has 1 aliphatic rings. The first-order valence-electron chi connectivity index (χ1n) is 7.31. The van der Waals surface area contributed by atoms with Gasteiger partial charge in [0.25, 0.3) is 5.22 Å². The lowest BCUT2D eigenvalue weighted by molar-refractivity contribution is 0.0993. The van der Waals surface area contributed by atoms with Crippen LogP contribution in [0.15, 0.2) is 27.8 Å². The number of nitrogens with zero attached hydrogens (tertiary/aromatic N) is 2. The molecule has 1 aromatic carbocycles. The van der Waals surface area contributed by atoms with Crippen molar-refractivity contribution in [2.75, 3.05) is 6.26 Å². The van der Waals surface area contributed by atoms with Gasteiger partial charge in [0.15, 0.2) is 5.78 Å². The number of thioether (sulfide) groups is 2. The molecule has 2 aromatic rings. The van der Waals surface area contributed by atoms with Gasteiger partial charge in [0.1, 0.15) is 0 Å². The molecule has 1 heterocycles. The number of fused-ring (bicyclic) bond motifs is 1. The lowest BCUT2D eigenvalue weighted by Crippen LogP contribution is -2.13. The first-order valence-corrected chi connectivity index (χ1v) is 9.58. The monoisotopic (exact) mass is 334 g/mol. The van der Waals surface area contributed by atoms with E-state index in [1.54, 1.807) is 11.8 Å². The molecule has 0 saturated heterocycles. The summed E-state index contributed by atoms with van der Waals surface area (Å²) in [5.41, 5.74) is 3.49. The topological polar surface area (TPSA) is 56.0 Å². The Labute approximate surface area is 138 Å². The third-order valence-electron chi connectivity index (χ3n) is 3.75. The first-order chi connectivity index (χ1) is 10.7. The van der Waals surface area contributed by atoms with Crippen molar-refractivity contribution in [3.8, 4) is 0 Å². The maximum Gasteiger partial charge on any atom is 0.277 e. The third-order valence-corrected chi connectivity index (χ3v) is 5.22. The molecule has 1 atom stereocenters. The maximum atomic E-state index is 12.6. The Hall–Kier alpha value is -1.27. The van der Waals surface area contributed by atoms with Gasteiger partial charge in [-0.1, -0.05) is 23.9 Å². The van der Waals surface area contributed by atoms with Crippen LogP contribution < -0.4 is 0 Å². The molecule has 22 heavy (non-hydrogen) atoms. The molecule has 4 nitrogen and oxygen atoms in total. The van der Waals surface area contributed by atoms with Gasteiger partial charge in [-0.3, -0.25) is 4.79 Å². The van der Waals surface area contributed by atoms with E-state index in [1.807, 2.05) is 19.2 Å². The maximum absolute atomic E-state index is 12.6. The molecule has 1 unspecified atom stereocenters. The number of ketones is 1. The average Bonchev–Trinajstić information content (AvgIpc) is 3.15. The summed E-state index contributed by atoms with van der Waals surface area (Å²) in [7, 11) is 0. The largest absolute Gasteiger partial charge is 0.415 e. The standard InChI is InChI=1S/C16H18N2O2S2/c1-10(22-16-18-17-14(20-16)9-21-2)15(19)13-7-6-11-4-3-5-12(11)8-13/h6-8,10H,3-5,9H2,1-2H3. The van der Waals surface area contributed by atoms with Crippen LogP contribution >= 0.6 is 23.5 Å². The zero-order valence-corrected chi connectivity index (χ0v) is 14.3. The Kier molecular flexibility index (Phi) is 4.88. The van der Waals surface area contributed by atoms with E-state index in [2.05, 4.69) is 22.3 Å². The van der Waals surface area contributed by atoms with Crippen LogP contribution in [0.3, 0.4) is 0 Å². The first kappa shape index (κ1) is 15.6. The fourth-order valence-electron chi connectivity index (χ4n) is 2.63. The summed E-state index contributed by atoms with van der Waals surface area (Å²) >= 11 is 2.96. The smallest absolute Gasteiger partial charge is 0.277 e. The minimum Gasteiger partial charge on any atom is -0.415 e. The second-order valence-corrected chi connectivity index (χ2v) is 7.51. The Morgan fingerprint density at radius 1 is 1.32 bits per heavy atom. The van der Waals surface area contributed by atoms with Gasteiger partial charge in [-0.25, -0.2) is 0 Å². The van der Waals surface area contributed by atoms with E-state index in [4.69, 9.17) is 4.42 Å². The predicted octanol–water partition coefficient (Wildman–Crippen LogP) is 3.78. The Morgan fingerprint density at radius 3 is 2.95 bits per heavy atom. The number of aryl methyl sites for hydroxylation is 2. The van der Waals surface area contributed by atoms with Crippen molar-refractivity contribution >= 4 is 29.3 Å². The molecule has 0 fully saturated rings. The normalized spacial score (nSPS) is 14.8. The van der Waals surface area contributed by atoms with E-state index in [0.29, 0.717) is 16.9 Å². The van der Waals surface area contributed by atoms with Gasteiger partial charge in [0.05, 0.1) is 11.0 Å². The van der Waals surface area contributed by atoms with Crippen molar-refractivity contribution in [3.05, 3.63) is 40.8 Å². The van der Waals surface area contributed by atoms with Gasteiger partial charge < -0.3 is 4.42 Å². The molecule has 1 aliphatic carbocycles. The van der Waals surface area contributed by atoms with Crippen LogP contribution in [0, 0.1) is 0 Å². The molecule has 0 spiro atoms. The predicted molar refractivity (Wildman–Crippen MR) is 89.6 cm³/mol. The Morgan fingerprint density at radius 2 is 2.14 bits per heavy atom. The molecule has 6 heteroatoms. The molecular weight excluding hydrogens is 316 g/mol. The number of hydrogen-bond acceptors (Lipinski definition) is 6. The number of carbonyl (C=O) groups excluding carboxylic acids is 1. The molecule has 0 amide bonds. The quantitative estimate of drug-likeness (QED) is 0.592. The fourth-order valence-corrected chi connectivity index (χ4v) is 3.77. The van der Waals surface area contributed by atoms with Crippen molar-refractivity contribution < 1.29 is 9.21 Å². The zero-order chi connectivity index (χ0) is 15.5. The van der Waals surface area contributed by atoms with Crippen molar-refractivity contribution in [1.29, 1.82) is 0 Å². The summed E-state index contributed by atoms with van der Waals surface area (Å²) in [6, 6.07) is 6.08. The van der Waals surface area contributed by atoms with Gasteiger partial charge in [-0.2, -0.15) is 11.8 Å². The number of rotatable bonds is 6. The van der Waals surface area contributed by atoms with Crippen LogP contribution in [0.5, 0.6) is 0 Å². The van der Waals surface area contributed by atoms with Crippen molar-refractivity contribution in [2.24, 2.45) is 0 Å². The van der Waals surface area contributed by atoms with E-state index in [0.717, 1.165) is 18.4 Å². The molecule has 0 bridgehead atoms. The van der Waals surface area contributed by atoms with Crippen LogP contribution in [0.1, 0.15) is 40.7 Å². The number of Topliss-reactive ketones (excluding diaryl/α,β-unsaturated/α-hetero) is 1. The highest BCUT2D eigenvalue weighted by Gasteiger charge is 2.21. The number of aromatic nitrogens is 2. The van der Waals surface area contributed by atoms with Crippen LogP contribution in [0.2, 0.25) is 0 Å². The van der Waals surface area contributed by atoms with Gasteiger partial charge >= 0.3 is 0 Å². The second kappa shape index (κ2) is 6.87. The van der Waals surface area contributed by atoms with Crippen molar-refractivity contribution in [3.63, 3.8) is 0 Å². The van der Waals surface area contributed by atoms with Gasteiger partial charge in [-0.15, -0.1) is 10.2 Å². The zero-order valence-electron chi connectivity index (χ0n) is 12.7. The summed E-state index contributed by atoms with van der Waals surface area (Å²) in [6.45, 7) is 1.89. The van der Waals surface area contributed by atoms with Crippen LogP contribution in [-0.2, 0) is 18.6 Å². The lowest BCUT2D eigenvalue weighted by Gasteiger charge is -2.09. The highest BCUT2D eigenvalue weighted by atomic mass is 32.2. The molecule has 3 rings (SSSR count). The molecule has 0 saturated carbocycles. The number of hydrogen-bond donors (Lipinski definition) is 0. The van der Waals surface area contributed by atoms with Crippen LogP contribution in [0.4, 0.5) is 0 Å². The number of carbonyl (C=O) groups is 1. The highest BCUT2D eigenvalue weighted by molar-refractivity contribution is 8.00. The fraction of sp³-hybridized carbons (Fsp3) is 0.438. The summed E-state index contributed by atoms with van der Waals surface area (Å²) in [5, 5.41) is 8.19. The molecule has 0 radical (unpaired) electrons. The summed E-state index contributed by atoms with van der Waals surface area (Å²) in [5.74, 6) is 1.41. The van der Waals surface area contributed by atoms with E-state index < -0.39 is 0 Å². The highest BCUT2D eigenvalue weighted by Crippen LogP contribution is 2.28. The average molecular weight is 334 g/mol. The van der Waals surface area contributed by atoms with Crippen LogP contribution in [0.25, 0.3) is 0 Å². The van der Waals surface area contributed by atoms with Crippen molar-refractivity contribution in [2.45, 2.75) is 42.4 Å². The molecule has 0 N–H and O–H groups in total. The Bertz CT molecular complexity index is 685. The van der Waals surface area contributed by atoms with Gasteiger partial charge in [0, 0.05) is 5.56 Å². The van der Waals surface area contributed by atoms with Crippen molar-refractivity contribution in [1.82, 2.24) is 10.2 Å². The van der Waals surface area contributed by atoms with Gasteiger partial charge in [0.2, 0.25) is 5.89 Å². The molecule has 0 aliphatic heterocycles. The summed E-state index contributed by atoms with van der Waals surface area (Å²) < 4.78 is 5.52. The van der Waals surface area contributed by atoms with E-state index in [1.165, 1.54) is 29.3 Å². The van der Waals surface area contributed by atoms with E-state index >= 15 is 0 Å². The van der Waals surface area contributed by atoms with E-state index in [9.17, 15) is 4.79 Å². The second-order valence-electron chi connectivity index (χ2n) is 5.36. The van der Waals surface area contributed by atoms with E-state index in [-0.39, 0.29) is 11.0 Å². The van der Waals surface area contributed by atoms with Crippen LogP contribution in [-0.4, -0.2) is 27.5 Å². The third kappa shape index (κ3) is 3.38. The minimum atomic E-state index is -0.234. The molecule has 116 valence electrons. The SMILES string of the molecule is CSCc1nnc(SC(C)C(=O)c2ccc3c(c2)CCC3)o1. The lowest BCUT2D eigenvalue weighted by atomic mass is 10.0. The molecule has 1 aromatic heterocycles. The van der Waals surface area contributed by atoms with Gasteiger partial charge in [-0.05, 0) is 49.6 Å². The molecular formula is C16H18N2O2S2. The number of benzene rings is 1.